The van der Waals surface area contributed by atoms with E-state index in [1.807, 2.05) is 13.8 Å². The van der Waals surface area contributed by atoms with Crippen LogP contribution in [0.1, 0.15) is 17.0 Å². The molecule has 0 aliphatic carbocycles. The molecule has 1 heterocycles. The normalized spacial score (nSPS) is 8.60. The van der Waals surface area contributed by atoms with E-state index in [4.69, 9.17) is 6.58 Å². The minimum atomic E-state index is 0. The van der Waals surface area contributed by atoms with Gasteiger partial charge >= 0.3 is 0 Å². The molecule has 1 aromatic heterocycles. The number of hydrogen-bond donors (Lipinski definition) is 1. The molecule has 1 nitrogen and oxygen atoms in total. The standard InChI is InChI=1S/C8H9N.Y/c1-4-8-5-6(2)7(3)9-8;/h1,4,9H,2-3H3;/q-2;. The van der Waals surface area contributed by atoms with E-state index in [0.29, 0.717) is 0 Å². The van der Waals surface area contributed by atoms with E-state index in [1.165, 1.54) is 6.08 Å². The summed E-state index contributed by atoms with van der Waals surface area (Å²) in [5.74, 6) is 0. The monoisotopic (exact) mass is 208 g/mol. The summed E-state index contributed by atoms with van der Waals surface area (Å²) in [6, 6.07) is 3.06. The first-order valence-corrected chi connectivity index (χ1v) is 2.87. The van der Waals surface area contributed by atoms with E-state index in [0.717, 1.165) is 17.0 Å². The summed E-state index contributed by atoms with van der Waals surface area (Å²) in [6.45, 7) is 9.24. The van der Waals surface area contributed by atoms with Crippen molar-refractivity contribution in [1.29, 1.82) is 0 Å². The van der Waals surface area contributed by atoms with Gasteiger partial charge in [0.1, 0.15) is 0 Å². The van der Waals surface area contributed by atoms with E-state index < -0.39 is 0 Å². The predicted molar refractivity (Wildman–Crippen MR) is 37.9 cm³/mol. The van der Waals surface area contributed by atoms with Crippen LogP contribution in [0, 0.1) is 26.5 Å². The van der Waals surface area contributed by atoms with Crippen LogP contribution in [0.5, 0.6) is 0 Å². The van der Waals surface area contributed by atoms with Crippen LogP contribution < -0.4 is 0 Å². The van der Waals surface area contributed by atoms with Crippen LogP contribution in [-0.2, 0) is 32.7 Å². The second-order valence-electron chi connectivity index (χ2n) is 2.08. The van der Waals surface area contributed by atoms with E-state index in [2.05, 4.69) is 11.1 Å². The summed E-state index contributed by atoms with van der Waals surface area (Å²) in [6.07, 6.45) is 1.51. The molecule has 0 unspecified atom stereocenters. The number of rotatable bonds is 1. The van der Waals surface area contributed by atoms with E-state index in [9.17, 15) is 0 Å². The van der Waals surface area contributed by atoms with Crippen molar-refractivity contribution in [3.05, 3.63) is 29.6 Å². The average Bonchev–Trinajstić information content (AvgIpc) is 2.13. The number of nitrogens with one attached hydrogen (secondary N) is 1. The largest absolute Gasteiger partial charge is 0.512 e. The van der Waals surface area contributed by atoms with Crippen molar-refractivity contribution < 1.29 is 32.7 Å². The minimum Gasteiger partial charge on any atom is -0.512 e. The van der Waals surface area contributed by atoms with Crippen molar-refractivity contribution in [3.63, 3.8) is 0 Å². The fourth-order valence-electron chi connectivity index (χ4n) is 0.706. The van der Waals surface area contributed by atoms with Gasteiger partial charge in [-0.3, -0.25) is 6.07 Å². The third-order valence-corrected chi connectivity index (χ3v) is 1.37. The Hall–Kier alpha value is 0.124. The van der Waals surface area contributed by atoms with Gasteiger partial charge in [0.2, 0.25) is 0 Å². The van der Waals surface area contributed by atoms with Crippen LogP contribution in [0.3, 0.4) is 0 Å². The average molecular weight is 208 g/mol. The zero-order valence-electron chi connectivity index (χ0n) is 6.23. The Labute approximate surface area is 86.8 Å². The molecule has 0 amide bonds. The first kappa shape index (κ1) is 10.1. The molecule has 1 radical (unpaired) electrons. The molecule has 10 heavy (non-hydrogen) atoms. The van der Waals surface area contributed by atoms with Gasteiger partial charge in [0, 0.05) is 32.7 Å². The minimum absolute atomic E-state index is 0. The molecule has 1 rings (SSSR count). The summed E-state index contributed by atoms with van der Waals surface area (Å²) < 4.78 is 0. The first-order chi connectivity index (χ1) is 4.24. The Morgan fingerprint density at radius 1 is 1.50 bits per heavy atom. The van der Waals surface area contributed by atoms with Crippen molar-refractivity contribution >= 4 is 6.08 Å². The van der Waals surface area contributed by atoms with Gasteiger partial charge in [0.25, 0.3) is 0 Å². The molecule has 2 heteroatoms. The van der Waals surface area contributed by atoms with Crippen molar-refractivity contribution in [2.24, 2.45) is 0 Å². The summed E-state index contributed by atoms with van der Waals surface area (Å²) in [5, 5.41) is 0. The van der Waals surface area contributed by atoms with Crippen molar-refractivity contribution in [1.82, 2.24) is 4.98 Å². The topological polar surface area (TPSA) is 15.8 Å². The molecule has 51 valence electrons. The van der Waals surface area contributed by atoms with Crippen LogP contribution in [0.4, 0.5) is 0 Å². The Morgan fingerprint density at radius 3 is 2.30 bits per heavy atom. The molecule has 1 N–H and O–H groups in total. The van der Waals surface area contributed by atoms with Crippen LogP contribution in [0.15, 0.2) is 0 Å². The maximum Gasteiger partial charge on any atom is 0 e. The van der Waals surface area contributed by atoms with E-state index >= 15 is 0 Å². The Balaban J connectivity index is 0.000000810. The van der Waals surface area contributed by atoms with Crippen LogP contribution in [0.25, 0.3) is 6.08 Å². The van der Waals surface area contributed by atoms with Gasteiger partial charge in [-0.2, -0.15) is 5.56 Å². The summed E-state index contributed by atoms with van der Waals surface area (Å²) in [4.78, 5) is 3.06. The number of aromatic amines is 1. The molecular weight excluding hydrogens is 199 g/mol. The summed E-state index contributed by atoms with van der Waals surface area (Å²) >= 11 is 0. The molecule has 1 aromatic rings. The van der Waals surface area contributed by atoms with Gasteiger partial charge in [-0.1, -0.05) is 13.8 Å². The number of hydrogen-bond acceptors (Lipinski definition) is 0. The smallest absolute Gasteiger partial charge is 0 e. The molecule has 0 saturated carbocycles. The van der Waals surface area contributed by atoms with Crippen LogP contribution in [0.2, 0.25) is 0 Å². The van der Waals surface area contributed by atoms with E-state index in [-0.39, 0.29) is 32.7 Å². The number of H-pyrrole nitrogens is 1. The van der Waals surface area contributed by atoms with Crippen molar-refractivity contribution in [2.75, 3.05) is 0 Å². The quantitative estimate of drug-likeness (QED) is 0.678. The molecule has 0 atom stereocenters. The van der Waals surface area contributed by atoms with Gasteiger partial charge in [0.05, 0.1) is 0 Å². The van der Waals surface area contributed by atoms with Gasteiger partial charge in [-0.05, 0) is 0 Å². The second kappa shape index (κ2) is 4.10. The van der Waals surface area contributed by atoms with Crippen molar-refractivity contribution in [2.45, 2.75) is 13.8 Å². The third kappa shape index (κ3) is 2.07. The van der Waals surface area contributed by atoms with E-state index in [1.54, 1.807) is 0 Å². The predicted octanol–water partition coefficient (Wildman–Crippen LogP) is 1.88. The molecule has 0 aliphatic heterocycles. The molecule has 0 aliphatic rings. The maximum absolute atomic E-state index is 5.24. The molecule has 0 spiro atoms. The molecular formula is C8H9NY-2. The zero-order chi connectivity index (χ0) is 6.85. The van der Waals surface area contributed by atoms with Gasteiger partial charge in [-0.25, -0.2) is 5.69 Å². The number of aromatic nitrogens is 1. The Kier molecular flexibility index (Phi) is 4.15. The van der Waals surface area contributed by atoms with Crippen molar-refractivity contribution in [3.8, 4) is 0 Å². The second-order valence-corrected chi connectivity index (χ2v) is 2.08. The van der Waals surface area contributed by atoms with Crippen LogP contribution >= 0.6 is 0 Å². The third-order valence-electron chi connectivity index (χ3n) is 1.37. The van der Waals surface area contributed by atoms with Gasteiger partial charge in [-0.15, -0.1) is 5.69 Å². The molecule has 0 saturated heterocycles. The molecule has 0 fully saturated rings. The number of aryl methyl sites for hydroxylation is 2. The fourth-order valence-corrected chi connectivity index (χ4v) is 0.706. The molecule has 0 aromatic carbocycles. The zero-order valence-corrected chi connectivity index (χ0v) is 9.07. The molecule has 0 bridgehead atoms. The first-order valence-electron chi connectivity index (χ1n) is 2.87. The fraction of sp³-hybridized carbons (Fsp3) is 0.250. The Morgan fingerprint density at radius 2 is 2.10 bits per heavy atom. The summed E-state index contributed by atoms with van der Waals surface area (Å²) in [5.41, 5.74) is 3.13. The Bertz CT molecular complexity index is 206. The van der Waals surface area contributed by atoms with Crippen LogP contribution in [-0.4, -0.2) is 4.98 Å². The maximum atomic E-state index is 5.24. The van der Waals surface area contributed by atoms with Gasteiger partial charge < -0.3 is 17.6 Å². The van der Waals surface area contributed by atoms with Gasteiger partial charge in [0.15, 0.2) is 0 Å². The SMILES string of the molecule is [CH-]=Cc1[c-]c(C)c(C)[nH]1.[Y]. The summed E-state index contributed by atoms with van der Waals surface area (Å²) in [7, 11) is 0.